The van der Waals surface area contributed by atoms with Gasteiger partial charge in [-0.2, -0.15) is 0 Å². The van der Waals surface area contributed by atoms with Crippen LogP contribution in [0.25, 0.3) is 0 Å². The minimum atomic E-state index is -0.811. The molecule has 0 radical (unpaired) electrons. The number of hydrogen-bond acceptors (Lipinski definition) is 3. The van der Waals surface area contributed by atoms with Crippen molar-refractivity contribution in [2.75, 3.05) is 19.8 Å². The van der Waals surface area contributed by atoms with Gasteiger partial charge in [-0.25, -0.2) is 0 Å². The van der Waals surface area contributed by atoms with E-state index in [2.05, 4.69) is 19.2 Å². The molecular weight excluding hydrogens is 288 g/mol. The highest BCUT2D eigenvalue weighted by Gasteiger charge is 2.36. The van der Waals surface area contributed by atoms with Crippen molar-refractivity contribution in [2.45, 2.75) is 37.6 Å². The Morgan fingerprint density at radius 1 is 1.38 bits per heavy atom. The number of carbonyl (C=O) groups is 1. The number of hydrogen-bond donors (Lipinski definition) is 2. The zero-order valence-corrected chi connectivity index (χ0v) is 13.4. The van der Waals surface area contributed by atoms with Gasteiger partial charge in [-0.1, -0.05) is 43.6 Å². The van der Waals surface area contributed by atoms with Crippen molar-refractivity contribution in [1.82, 2.24) is 5.32 Å². The van der Waals surface area contributed by atoms with E-state index in [-0.39, 0.29) is 11.3 Å². The molecule has 0 spiro atoms. The number of rotatable bonds is 4. The number of nitrogens with two attached hydrogens (primary N) is 1. The van der Waals surface area contributed by atoms with E-state index < -0.39 is 5.54 Å². The smallest absolute Gasteiger partial charge is 0.240 e. The number of carbonyl (C=O) groups excluding carboxylic acids is 1. The van der Waals surface area contributed by atoms with Crippen LogP contribution in [0.2, 0.25) is 5.02 Å². The third-order valence-corrected chi connectivity index (χ3v) is 4.46. The molecule has 0 bridgehead atoms. The number of halogens is 1. The Kier molecular flexibility index (Phi) is 4.91. The number of nitrogens with one attached hydrogen (secondary N) is 1. The minimum absolute atomic E-state index is 0.106. The molecule has 2 rings (SSSR count). The lowest BCUT2D eigenvalue weighted by Crippen LogP contribution is -2.58. The molecule has 0 saturated carbocycles. The van der Waals surface area contributed by atoms with Crippen molar-refractivity contribution in [1.29, 1.82) is 0 Å². The van der Waals surface area contributed by atoms with E-state index in [9.17, 15) is 4.79 Å². The zero-order valence-electron chi connectivity index (χ0n) is 12.6. The first-order valence-corrected chi connectivity index (χ1v) is 7.63. The van der Waals surface area contributed by atoms with E-state index >= 15 is 0 Å². The van der Waals surface area contributed by atoms with Crippen LogP contribution in [0.4, 0.5) is 0 Å². The Labute approximate surface area is 131 Å². The molecular formula is C16H23ClN2O2. The van der Waals surface area contributed by atoms with Gasteiger partial charge in [0, 0.05) is 30.2 Å². The van der Waals surface area contributed by atoms with Crippen molar-refractivity contribution in [2.24, 2.45) is 5.73 Å². The van der Waals surface area contributed by atoms with Gasteiger partial charge >= 0.3 is 0 Å². The molecule has 1 aromatic rings. The van der Waals surface area contributed by atoms with E-state index in [4.69, 9.17) is 22.1 Å². The number of benzene rings is 1. The summed E-state index contributed by atoms with van der Waals surface area (Å²) in [5, 5.41) is 3.69. The Balaban J connectivity index is 2.01. The lowest BCUT2D eigenvalue weighted by Gasteiger charge is -2.34. The van der Waals surface area contributed by atoms with Crippen LogP contribution in [0.3, 0.4) is 0 Å². The Hall–Kier alpha value is -1.10. The van der Waals surface area contributed by atoms with Crippen LogP contribution in [0.15, 0.2) is 24.3 Å². The summed E-state index contributed by atoms with van der Waals surface area (Å²) in [6, 6.07) is 7.70. The standard InChI is InChI=1S/C16H23ClN2O2/c1-15(2,12-5-3-4-6-13(12)17)11-19-14(20)16(18)7-9-21-10-8-16/h3-6H,7-11,18H2,1-2H3,(H,19,20). The van der Waals surface area contributed by atoms with Crippen LogP contribution in [-0.2, 0) is 14.9 Å². The monoisotopic (exact) mass is 310 g/mol. The highest BCUT2D eigenvalue weighted by Crippen LogP contribution is 2.29. The fraction of sp³-hybridized carbons (Fsp3) is 0.562. The predicted octanol–water partition coefficient (Wildman–Crippen LogP) is 2.24. The predicted molar refractivity (Wildman–Crippen MR) is 84.5 cm³/mol. The minimum Gasteiger partial charge on any atom is -0.381 e. The van der Waals surface area contributed by atoms with Crippen LogP contribution in [0, 0.1) is 0 Å². The summed E-state index contributed by atoms with van der Waals surface area (Å²) in [7, 11) is 0. The molecule has 0 atom stereocenters. The summed E-state index contributed by atoms with van der Waals surface area (Å²) in [6.07, 6.45) is 1.12. The summed E-state index contributed by atoms with van der Waals surface area (Å²) in [5.74, 6) is -0.106. The molecule has 1 aliphatic heterocycles. The lowest BCUT2D eigenvalue weighted by atomic mass is 9.83. The zero-order chi connectivity index (χ0) is 15.5. The second-order valence-electron chi connectivity index (χ2n) is 6.31. The third kappa shape index (κ3) is 3.76. The Morgan fingerprint density at radius 2 is 2.00 bits per heavy atom. The summed E-state index contributed by atoms with van der Waals surface area (Å²) in [4.78, 5) is 12.4. The average molecular weight is 311 g/mol. The van der Waals surface area contributed by atoms with Crippen LogP contribution in [0.5, 0.6) is 0 Å². The molecule has 21 heavy (non-hydrogen) atoms. The normalized spacial score (nSPS) is 18.3. The Bertz CT molecular complexity index is 511. The third-order valence-electron chi connectivity index (χ3n) is 4.13. The first-order chi connectivity index (χ1) is 9.85. The van der Waals surface area contributed by atoms with Crippen molar-refractivity contribution in [3.05, 3.63) is 34.9 Å². The molecule has 1 heterocycles. The van der Waals surface area contributed by atoms with Crippen molar-refractivity contribution >= 4 is 17.5 Å². The lowest BCUT2D eigenvalue weighted by molar-refractivity contribution is -0.130. The summed E-state index contributed by atoms with van der Waals surface area (Å²) >= 11 is 6.25. The van der Waals surface area contributed by atoms with Gasteiger partial charge in [0.15, 0.2) is 0 Å². The van der Waals surface area contributed by atoms with Crippen LogP contribution in [0.1, 0.15) is 32.3 Å². The molecule has 1 aliphatic rings. The summed E-state index contributed by atoms with van der Waals surface area (Å²) in [6.45, 7) is 5.69. The second kappa shape index (κ2) is 6.34. The topological polar surface area (TPSA) is 64.4 Å². The summed E-state index contributed by atoms with van der Waals surface area (Å²) < 4.78 is 5.27. The molecule has 0 aromatic heterocycles. The maximum Gasteiger partial charge on any atom is 0.240 e. The van der Waals surface area contributed by atoms with Gasteiger partial charge in [0.25, 0.3) is 0 Å². The van der Waals surface area contributed by atoms with E-state index in [1.54, 1.807) is 0 Å². The van der Waals surface area contributed by atoms with Gasteiger partial charge in [0.1, 0.15) is 0 Å². The molecule has 1 amide bonds. The van der Waals surface area contributed by atoms with Gasteiger partial charge in [-0.3, -0.25) is 4.79 Å². The second-order valence-corrected chi connectivity index (χ2v) is 6.72. The van der Waals surface area contributed by atoms with Crippen LogP contribution < -0.4 is 11.1 Å². The maximum absolute atomic E-state index is 12.4. The van der Waals surface area contributed by atoms with Crippen molar-refractivity contribution < 1.29 is 9.53 Å². The fourth-order valence-electron chi connectivity index (χ4n) is 2.55. The molecule has 1 fully saturated rings. The van der Waals surface area contributed by atoms with Crippen molar-refractivity contribution in [3.63, 3.8) is 0 Å². The van der Waals surface area contributed by atoms with Gasteiger partial charge < -0.3 is 15.8 Å². The molecule has 1 aromatic carbocycles. The quantitative estimate of drug-likeness (QED) is 0.896. The number of amides is 1. The highest BCUT2D eigenvalue weighted by molar-refractivity contribution is 6.31. The van der Waals surface area contributed by atoms with Gasteiger partial charge in [0.05, 0.1) is 5.54 Å². The van der Waals surface area contributed by atoms with Gasteiger partial charge in [-0.05, 0) is 24.5 Å². The first kappa shape index (κ1) is 16.3. The molecule has 0 unspecified atom stereocenters. The van der Waals surface area contributed by atoms with E-state index in [0.717, 1.165) is 5.56 Å². The molecule has 0 aliphatic carbocycles. The van der Waals surface area contributed by atoms with E-state index in [1.165, 1.54) is 0 Å². The molecule has 4 nitrogen and oxygen atoms in total. The first-order valence-electron chi connectivity index (χ1n) is 7.25. The molecule has 1 saturated heterocycles. The SMILES string of the molecule is CC(C)(CNC(=O)C1(N)CCOCC1)c1ccccc1Cl. The average Bonchev–Trinajstić information content (AvgIpc) is 2.46. The van der Waals surface area contributed by atoms with Crippen LogP contribution >= 0.6 is 11.6 Å². The van der Waals surface area contributed by atoms with Crippen molar-refractivity contribution in [3.8, 4) is 0 Å². The van der Waals surface area contributed by atoms with E-state index in [1.807, 2.05) is 24.3 Å². The maximum atomic E-state index is 12.4. The molecule has 5 heteroatoms. The fourth-order valence-corrected chi connectivity index (χ4v) is 2.94. The summed E-state index contributed by atoms with van der Waals surface area (Å²) in [5.41, 5.74) is 6.14. The van der Waals surface area contributed by atoms with Gasteiger partial charge in [0.2, 0.25) is 5.91 Å². The Morgan fingerprint density at radius 3 is 2.62 bits per heavy atom. The number of ether oxygens (including phenoxy) is 1. The highest BCUT2D eigenvalue weighted by atomic mass is 35.5. The molecule has 3 N–H and O–H groups in total. The molecule has 116 valence electrons. The van der Waals surface area contributed by atoms with Crippen LogP contribution in [-0.4, -0.2) is 31.2 Å². The van der Waals surface area contributed by atoms with E-state index in [0.29, 0.717) is 37.6 Å². The van der Waals surface area contributed by atoms with Gasteiger partial charge in [-0.15, -0.1) is 0 Å². The largest absolute Gasteiger partial charge is 0.381 e.